The Bertz CT molecular complexity index is 1380. The standard InChI is InChI=1S/C24H26FN5O2S/c25-16-3-1-2-4-18(16)30-13-28-17-9-15(5-6-19(17)30)22-21-20(23(32)27-12-26-21)24(33-22)29-8-7-14(10-29)11-31/h5-6,9,12-14,16,18,31H,1-4,7-8,10-11H2,(H,26,27,32)/t14?,16-,18-/m1/s1. The molecule has 4 aromatic rings. The highest BCUT2D eigenvalue weighted by atomic mass is 32.1. The summed E-state index contributed by atoms with van der Waals surface area (Å²) in [4.78, 5) is 27.7. The molecule has 0 amide bonds. The van der Waals surface area contributed by atoms with Crippen LogP contribution in [0.25, 0.3) is 32.4 Å². The number of hydrogen-bond donors (Lipinski definition) is 2. The zero-order valence-electron chi connectivity index (χ0n) is 18.2. The summed E-state index contributed by atoms with van der Waals surface area (Å²) in [5.74, 6) is 0.223. The number of H-pyrrole nitrogens is 1. The van der Waals surface area contributed by atoms with Crippen LogP contribution in [0.15, 0.2) is 35.6 Å². The smallest absolute Gasteiger partial charge is 0.261 e. The van der Waals surface area contributed by atoms with Crippen LogP contribution in [-0.4, -0.2) is 50.5 Å². The van der Waals surface area contributed by atoms with E-state index >= 15 is 0 Å². The van der Waals surface area contributed by atoms with Gasteiger partial charge < -0.3 is 19.6 Å². The van der Waals surface area contributed by atoms with E-state index in [0.29, 0.717) is 17.3 Å². The number of hydrogen-bond acceptors (Lipinski definition) is 6. The van der Waals surface area contributed by atoms with Gasteiger partial charge in [-0.3, -0.25) is 4.79 Å². The minimum Gasteiger partial charge on any atom is -0.396 e. The highest BCUT2D eigenvalue weighted by Gasteiger charge is 2.29. The Kier molecular flexibility index (Phi) is 5.18. The third kappa shape index (κ3) is 3.45. The predicted molar refractivity (Wildman–Crippen MR) is 129 cm³/mol. The molecule has 1 unspecified atom stereocenters. The molecule has 0 radical (unpaired) electrons. The second-order valence-electron chi connectivity index (χ2n) is 9.20. The van der Waals surface area contributed by atoms with E-state index in [4.69, 9.17) is 0 Å². The zero-order valence-corrected chi connectivity index (χ0v) is 19.0. The molecule has 3 atom stereocenters. The molecule has 2 fully saturated rings. The quantitative estimate of drug-likeness (QED) is 0.468. The van der Waals surface area contributed by atoms with Gasteiger partial charge in [0.25, 0.3) is 5.56 Å². The average molecular weight is 468 g/mol. The van der Waals surface area contributed by atoms with Crippen LogP contribution < -0.4 is 10.5 Å². The molecule has 2 N–H and O–H groups in total. The number of benzene rings is 1. The van der Waals surface area contributed by atoms with Crippen molar-refractivity contribution in [1.29, 1.82) is 0 Å². The molecule has 1 aromatic carbocycles. The largest absolute Gasteiger partial charge is 0.396 e. The number of thiophene rings is 1. The number of alkyl halides is 1. The molecule has 1 aliphatic heterocycles. The fourth-order valence-electron chi connectivity index (χ4n) is 5.37. The Hall–Kier alpha value is -2.78. The molecule has 4 heterocycles. The first-order chi connectivity index (χ1) is 16.1. The van der Waals surface area contributed by atoms with Crippen LogP contribution in [0.4, 0.5) is 9.39 Å². The molecule has 2 aliphatic rings. The number of fused-ring (bicyclic) bond motifs is 2. The van der Waals surface area contributed by atoms with Gasteiger partial charge in [-0.25, -0.2) is 14.4 Å². The van der Waals surface area contributed by atoms with Crippen molar-refractivity contribution >= 4 is 38.3 Å². The number of imidazole rings is 1. The Morgan fingerprint density at radius 2 is 2.09 bits per heavy atom. The number of aromatic amines is 1. The number of nitrogens with zero attached hydrogens (tertiary/aromatic N) is 4. The molecular weight excluding hydrogens is 441 g/mol. The first-order valence-corrected chi connectivity index (χ1v) is 12.4. The molecule has 1 saturated heterocycles. The number of anilines is 1. The van der Waals surface area contributed by atoms with Crippen LogP contribution in [0.3, 0.4) is 0 Å². The number of nitrogens with one attached hydrogen (secondary N) is 1. The van der Waals surface area contributed by atoms with Crippen LogP contribution in [0, 0.1) is 5.92 Å². The maximum absolute atomic E-state index is 14.6. The molecule has 6 rings (SSSR count). The molecule has 1 aliphatic carbocycles. The average Bonchev–Trinajstić information content (AvgIpc) is 3.56. The van der Waals surface area contributed by atoms with E-state index in [1.165, 1.54) is 6.33 Å². The van der Waals surface area contributed by atoms with Crippen LogP contribution in [-0.2, 0) is 0 Å². The van der Waals surface area contributed by atoms with Crippen molar-refractivity contribution in [3.05, 3.63) is 41.2 Å². The topological polar surface area (TPSA) is 87.0 Å². The summed E-state index contributed by atoms with van der Waals surface area (Å²) in [5, 5.41) is 11.1. The Morgan fingerprint density at radius 3 is 2.91 bits per heavy atom. The summed E-state index contributed by atoms with van der Waals surface area (Å²) in [6.45, 7) is 1.69. The van der Waals surface area contributed by atoms with Crippen LogP contribution in [0.5, 0.6) is 0 Å². The Labute approximate surface area is 193 Å². The minimum absolute atomic E-state index is 0.151. The molecule has 7 nitrogen and oxygen atoms in total. The van der Waals surface area contributed by atoms with Crippen LogP contribution >= 0.6 is 11.3 Å². The van der Waals surface area contributed by atoms with E-state index in [9.17, 15) is 14.3 Å². The molecule has 0 spiro atoms. The van der Waals surface area contributed by atoms with Gasteiger partial charge in [0.15, 0.2) is 0 Å². The third-order valence-electron chi connectivity index (χ3n) is 7.15. The molecule has 9 heteroatoms. The summed E-state index contributed by atoms with van der Waals surface area (Å²) in [7, 11) is 0. The van der Waals surface area contributed by atoms with Gasteiger partial charge in [0.1, 0.15) is 16.6 Å². The van der Waals surface area contributed by atoms with E-state index in [-0.39, 0.29) is 24.1 Å². The van der Waals surface area contributed by atoms with Crippen LogP contribution in [0.1, 0.15) is 38.1 Å². The molecule has 1 saturated carbocycles. The highest BCUT2D eigenvalue weighted by molar-refractivity contribution is 7.21. The molecule has 33 heavy (non-hydrogen) atoms. The number of rotatable bonds is 4. The van der Waals surface area contributed by atoms with E-state index in [1.54, 1.807) is 17.7 Å². The van der Waals surface area contributed by atoms with Gasteiger partial charge in [0, 0.05) is 25.6 Å². The van der Waals surface area contributed by atoms with Gasteiger partial charge >= 0.3 is 0 Å². The zero-order chi connectivity index (χ0) is 22.5. The summed E-state index contributed by atoms with van der Waals surface area (Å²) in [5.41, 5.74) is 3.23. The van der Waals surface area contributed by atoms with E-state index in [2.05, 4.69) is 19.9 Å². The predicted octanol–water partition coefficient (Wildman–Crippen LogP) is 4.27. The van der Waals surface area contributed by atoms with Gasteiger partial charge in [-0.2, -0.15) is 0 Å². The van der Waals surface area contributed by atoms with Crippen molar-refractivity contribution in [2.24, 2.45) is 5.92 Å². The summed E-state index contributed by atoms with van der Waals surface area (Å²) >= 11 is 1.56. The second-order valence-corrected chi connectivity index (χ2v) is 10.2. The van der Waals surface area contributed by atoms with E-state index in [0.717, 1.165) is 65.2 Å². The number of halogens is 1. The van der Waals surface area contributed by atoms with Gasteiger partial charge in [0.2, 0.25) is 0 Å². The van der Waals surface area contributed by atoms with Gasteiger partial charge in [-0.15, -0.1) is 11.3 Å². The van der Waals surface area contributed by atoms with E-state index < -0.39 is 6.17 Å². The normalized spacial score (nSPS) is 23.7. The highest BCUT2D eigenvalue weighted by Crippen LogP contribution is 2.43. The minimum atomic E-state index is -0.834. The van der Waals surface area contributed by atoms with E-state index in [1.807, 2.05) is 22.8 Å². The van der Waals surface area contributed by atoms with Crippen molar-refractivity contribution < 1.29 is 9.50 Å². The van der Waals surface area contributed by atoms with Crippen molar-refractivity contribution in [2.75, 3.05) is 24.6 Å². The van der Waals surface area contributed by atoms with Gasteiger partial charge in [-0.1, -0.05) is 18.9 Å². The van der Waals surface area contributed by atoms with Crippen molar-refractivity contribution in [3.8, 4) is 10.4 Å². The summed E-state index contributed by atoms with van der Waals surface area (Å²) in [6.07, 6.45) is 6.72. The SMILES string of the molecule is O=c1[nH]cnc2c(-c3ccc4c(c3)ncn4[C@@H]3CCCC[C@H]3F)sc(N3CCC(CO)C3)c12. The molecule has 3 aromatic heterocycles. The third-order valence-corrected chi connectivity index (χ3v) is 8.44. The van der Waals surface area contributed by atoms with Gasteiger partial charge in [-0.05, 0) is 37.0 Å². The molecule has 0 bridgehead atoms. The first kappa shape index (κ1) is 20.8. The van der Waals surface area contributed by atoms with Crippen molar-refractivity contribution in [2.45, 2.75) is 44.3 Å². The summed E-state index contributed by atoms with van der Waals surface area (Å²) < 4.78 is 16.6. The summed E-state index contributed by atoms with van der Waals surface area (Å²) in [6, 6.07) is 5.89. The van der Waals surface area contributed by atoms with Crippen molar-refractivity contribution in [3.63, 3.8) is 0 Å². The number of aliphatic hydroxyl groups is 1. The lowest BCUT2D eigenvalue weighted by atomic mass is 9.93. The lowest BCUT2D eigenvalue weighted by molar-refractivity contribution is 0.173. The van der Waals surface area contributed by atoms with Gasteiger partial charge in [0.05, 0.1) is 40.1 Å². The monoisotopic (exact) mass is 467 g/mol. The molecular formula is C24H26FN5O2S. The Morgan fingerprint density at radius 1 is 1.21 bits per heavy atom. The lowest BCUT2D eigenvalue weighted by Crippen LogP contribution is -2.23. The fourth-order valence-corrected chi connectivity index (χ4v) is 6.64. The molecule has 172 valence electrons. The fraction of sp³-hybridized carbons (Fsp3) is 0.458. The van der Waals surface area contributed by atoms with Crippen molar-refractivity contribution in [1.82, 2.24) is 19.5 Å². The maximum atomic E-state index is 14.6. The second kappa shape index (κ2) is 8.22. The lowest BCUT2D eigenvalue weighted by Gasteiger charge is -2.27. The Balaban J connectivity index is 1.44. The number of aromatic nitrogens is 4. The first-order valence-electron chi connectivity index (χ1n) is 11.6. The number of aliphatic hydroxyl groups excluding tert-OH is 1. The van der Waals surface area contributed by atoms with Crippen LogP contribution in [0.2, 0.25) is 0 Å². The maximum Gasteiger partial charge on any atom is 0.261 e.